The van der Waals surface area contributed by atoms with Gasteiger partial charge in [0.05, 0.1) is 6.61 Å². The van der Waals surface area contributed by atoms with Crippen LogP contribution in [-0.2, 0) is 9.53 Å². The predicted molar refractivity (Wildman–Crippen MR) is 114 cm³/mol. The summed E-state index contributed by atoms with van der Waals surface area (Å²) in [6.07, 6.45) is 9.25. The van der Waals surface area contributed by atoms with Crippen molar-refractivity contribution in [1.82, 2.24) is 0 Å². The lowest BCUT2D eigenvalue weighted by atomic mass is 9.84. The number of aryl methyl sites for hydroxylation is 1. The maximum absolute atomic E-state index is 11.5. The summed E-state index contributed by atoms with van der Waals surface area (Å²) < 4.78 is 4.93. The lowest BCUT2D eigenvalue weighted by molar-refractivity contribution is -0.137. The molecule has 1 aliphatic carbocycles. The van der Waals surface area contributed by atoms with Crippen LogP contribution in [0.4, 0.5) is 0 Å². The van der Waals surface area contributed by atoms with E-state index in [4.69, 9.17) is 4.74 Å². The maximum atomic E-state index is 11.5. The van der Waals surface area contributed by atoms with Crippen LogP contribution in [-0.4, -0.2) is 17.7 Å². The maximum Gasteiger partial charge on any atom is 0.330 e. The van der Waals surface area contributed by atoms with Gasteiger partial charge < -0.3 is 9.84 Å². The lowest BCUT2D eigenvalue weighted by Gasteiger charge is -2.21. The Kier molecular flexibility index (Phi) is 6.70. The second-order valence-corrected chi connectivity index (χ2v) is 7.25. The molecule has 1 aliphatic rings. The number of hydrogen-bond donors (Lipinski definition) is 1. The van der Waals surface area contributed by atoms with Gasteiger partial charge in [-0.15, -0.1) is 0 Å². The first kappa shape index (κ1) is 19.9. The molecule has 2 aromatic carbocycles. The molecule has 1 fully saturated rings. The molecule has 0 aliphatic heterocycles. The largest absolute Gasteiger partial charge is 0.508 e. The van der Waals surface area contributed by atoms with Crippen LogP contribution in [0.25, 0.3) is 11.6 Å². The Balaban J connectivity index is 1.95. The van der Waals surface area contributed by atoms with Crippen LogP contribution >= 0.6 is 0 Å². The molecule has 1 saturated carbocycles. The van der Waals surface area contributed by atoms with Crippen molar-refractivity contribution < 1.29 is 14.6 Å². The number of carbonyl (C=O) groups excluding carboxylic acids is 1. The fourth-order valence-corrected chi connectivity index (χ4v) is 3.73. The van der Waals surface area contributed by atoms with Crippen molar-refractivity contribution in [2.45, 2.75) is 46.0 Å². The molecule has 0 amide bonds. The smallest absolute Gasteiger partial charge is 0.330 e. The summed E-state index contributed by atoms with van der Waals surface area (Å²) in [5.41, 5.74) is 6.96. The highest BCUT2D eigenvalue weighted by Crippen LogP contribution is 2.36. The Morgan fingerprint density at radius 1 is 1.04 bits per heavy atom. The second-order valence-electron chi connectivity index (χ2n) is 7.25. The van der Waals surface area contributed by atoms with Crippen molar-refractivity contribution in [1.29, 1.82) is 0 Å². The summed E-state index contributed by atoms with van der Waals surface area (Å²) in [7, 11) is 0. The monoisotopic (exact) mass is 376 g/mol. The SMILES string of the molecule is CCOC(=O)C=Cc1ccc(C(=C2CCCCC2)c2ccc(O)c(C)c2)cc1. The zero-order valence-corrected chi connectivity index (χ0v) is 16.7. The Labute approximate surface area is 167 Å². The van der Waals surface area contributed by atoms with E-state index >= 15 is 0 Å². The van der Waals surface area contributed by atoms with E-state index in [0.29, 0.717) is 12.4 Å². The fraction of sp³-hybridized carbons (Fsp3) is 0.320. The number of phenols is 1. The molecule has 0 radical (unpaired) electrons. The van der Waals surface area contributed by atoms with Gasteiger partial charge in [-0.1, -0.05) is 42.3 Å². The van der Waals surface area contributed by atoms with Crippen LogP contribution < -0.4 is 0 Å². The van der Waals surface area contributed by atoms with Gasteiger partial charge in [-0.3, -0.25) is 0 Å². The van der Waals surface area contributed by atoms with Crippen molar-refractivity contribution in [2.24, 2.45) is 0 Å². The van der Waals surface area contributed by atoms with Gasteiger partial charge in [0.2, 0.25) is 0 Å². The molecule has 0 bridgehead atoms. The Morgan fingerprint density at radius 3 is 2.36 bits per heavy atom. The number of ether oxygens (including phenoxy) is 1. The Morgan fingerprint density at radius 2 is 1.71 bits per heavy atom. The molecule has 0 atom stereocenters. The molecular formula is C25H28O3. The zero-order chi connectivity index (χ0) is 19.9. The molecule has 2 aromatic rings. The standard InChI is InChI=1S/C25H28O3/c1-3-28-24(27)16-11-19-9-12-21(13-10-19)25(20-7-5-4-6-8-20)22-14-15-23(26)18(2)17-22/h9-17,26H,3-8H2,1-2H3. The minimum absolute atomic E-state index is 0.323. The first-order valence-electron chi connectivity index (χ1n) is 10.1. The minimum atomic E-state index is -0.323. The van der Waals surface area contributed by atoms with Gasteiger partial charge in [0.25, 0.3) is 0 Å². The van der Waals surface area contributed by atoms with Crippen molar-refractivity contribution >= 4 is 17.6 Å². The van der Waals surface area contributed by atoms with E-state index in [9.17, 15) is 9.90 Å². The summed E-state index contributed by atoms with van der Waals surface area (Å²) in [5, 5.41) is 9.92. The van der Waals surface area contributed by atoms with E-state index in [2.05, 4.69) is 18.2 Å². The van der Waals surface area contributed by atoms with Gasteiger partial charge >= 0.3 is 5.97 Å². The average molecular weight is 376 g/mol. The molecule has 0 spiro atoms. The molecule has 3 heteroatoms. The van der Waals surface area contributed by atoms with Crippen LogP contribution in [0.15, 0.2) is 54.1 Å². The van der Waals surface area contributed by atoms with E-state index in [1.807, 2.05) is 25.1 Å². The third-order valence-electron chi connectivity index (χ3n) is 5.19. The highest BCUT2D eigenvalue weighted by Gasteiger charge is 2.15. The van der Waals surface area contributed by atoms with E-state index in [0.717, 1.165) is 29.5 Å². The molecule has 0 heterocycles. The van der Waals surface area contributed by atoms with Gasteiger partial charge in [0.15, 0.2) is 0 Å². The summed E-state index contributed by atoms with van der Waals surface area (Å²) in [6, 6.07) is 14.1. The molecule has 0 unspecified atom stereocenters. The number of aromatic hydroxyl groups is 1. The van der Waals surface area contributed by atoms with Crippen molar-refractivity contribution in [3.05, 3.63) is 76.4 Å². The zero-order valence-electron chi connectivity index (χ0n) is 16.7. The van der Waals surface area contributed by atoms with Crippen molar-refractivity contribution in [3.8, 4) is 5.75 Å². The second kappa shape index (κ2) is 9.41. The van der Waals surface area contributed by atoms with E-state index < -0.39 is 0 Å². The number of hydrogen-bond acceptors (Lipinski definition) is 3. The van der Waals surface area contributed by atoms with Gasteiger partial charge in [-0.2, -0.15) is 0 Å². The number of benzene rings is 2. The molecule has 146 valence electrons. The van der Waals surface area contributed by atoms with Crippen LogP contribution in [0.1, 0.15) is 61.3 Å². The first-order chi connectivity index (χ1) is 13.6. The molecule has 0 aromatic heterocycles. The normalized spacial score (nSPS) is 14.3. The Bertz CT molecular complexity index is 881. The van der Waals surface area contributed by atoms with E-state index in [-0.39, 0.29) is 5.97 Å². The Hall–Kier alpha value is -2.81. The van der Waals surface area contributed by atoms with Gasteiger partial charge in [-0.25, -0.2) is 4.79 Å². The van der Waals surface area contributed by atoms with Crippen LogP contribution in [0.3, 0.4) is 0 Å². The van der Waals surface area contributed by atoms with E-state index in [1.54, 1.807) is 19.1 Å². The van der Waals surface area contributed by atoms with Crippen molar-refractivity contribution in [3.63, 3.8) is 0 Å². The lowest BCUT2D eigenvalue weighted by Crippen LogP contribution is -2.01. The number of rotatable bonds is 5. The number of carbonyl (C=O) groups is 1. The summed E-state index contributed by atoms with van der Waals surface area (Å²) in [5.74, 6) is 0.00681. The molecule has 3 rings (SSSR count). The van der Waals surface area contributed by atoms with Crippen LogP contribution in [0, 0.1) is 6.92 Å². The molecule has 1 N–H and O–H groups in total. The average Bonchev–Trinajstić information content (AvgIpc) is 2.71. The van der Waals surface area contributed by atoms with E-state index in [1.165, 1.54) is 42.0 Å². The minimum Gasteiger partial charge on any atom is -0.508 e. The third-order valence-corrected chi connectivity index (χ3v) is 5.19. The summed E-state index contributed by atoms with van der Waals surface area (Å²) in [6.45, 7) is 4.11. The predicted octanol–water partition coefficient (Wildman–Crippen LogP) is 6.04. The number of phenolic OH excluding ortho intramolecular Hbond substituents is 1. The topological polar surface area (TPSA) is 46.5 Å². The molecule has 3 nitrogen and oxygen atoms in total. The summed E-state index contributed by atoms with van der Waals surface area (Å²) in [4.78, 5) is 11.5. The summed E-state index contributed by atoms with van der Waals surface area (Å²) >= 11 is 0. The van der Waals surface area contributed by atoms with Gasteiger partial charge in [0, 0.05) is 6.08 Å². The van der Waals surface area contributed by atoms with Gasteiger partial charge in [-0.05, 0) is 85.6 Å². The molecule has 28 heavy (non-hydrogen) atoms. The number of esters is 1. The first-order valence-corrected chi connectivity index (χ1v) is 10.1. The fourth-order valence-electron chi connectivity index (χ4n) is 3.73. The van der Waals surface area contributed by atoms with Gasteiger partial charge in [0.1, 0.15) is 5.75 Å². The van der Waals surface area contributed by atoms with Crippen LogP contribution in [0.2, 0.25) is 0 Å². The molecular weight excluding hydrogens is 348 g/mol. The third kappa shape index (κ3) is 4.92. The van der Waals surface area contributed by atoms with Crippen molar-refractivity contribution in [2.75, 3.05) is 6.61 Å². The molecule has 0 saturated heterocycles. The van der Waals surface area contributed by atoms with Crippen LogP contribution in [0.5, 0.6) is 5.75 Å². The number of allylic oxidation sites excluding steroid dienone is 1. The highest BCUT2D eigenvalue weighted by molar-refractivity contribution is 5.87. The highest BCUT2D eigenvalue weighted by atomic mass is 16.5. The quantitative estimate of drug-likeness (QED) is 0.511.